The van der Waals surface area contributed by atoms with Gasteiger partial charge in [-0.15, -0.1) is 0 Å². The minimum atomic E-state index is -0.883. The van der Waals surface area contributed by atoms with Gasteiger partial charge in [-0.25, -0.2) is 0 Å². The number of nitrogens with zero attached hydrogens (tertiary/aromatic N) is 1. The number of fused-ring (bicyclic) bond motifs is 2. The number of morpholine rings is 1. The Morgan fingerprint density at radius 2 is 1.90 bits per heavy atom. The average Bonchev–Trinajstić information content (AvgIpc) is 2.88. The summed E-state index contributed by atoms with van der Waals surface area (Å²) in [6.07, 6.45) is 2.70. The second kappa shape index (κ2) is 4.95. The molecule has 0 radical (unpaired) electrons. The molecule has 0 spiro atoms. The van der Waals surface area contributed by atoms with Crippen LogP contribution < -0.4 is 0 Å². The predicted molar refractivity (Wildman–Crippen MR) is 71.6 cm³/mol. The maximum atomic E-state index is 12.8. The second-order valence-electron chi connectivity index (χ2n) is 6.91. The second-order valence-corrected chi connectivity index (χ2v) is 6.91. The lowest BCUT2D eigenvalue weighted by Crippen LogP contribution is -2.58. The van der Waals surface area contributed by atoms with Crippen LogP contribution in [0.4, 0.5) is 0 Å². The number of amides is 1. The minimum Gasteiger partial charge on any atom is -0.481 e. The molecule has 116 valence electrons. The highest BCUT2D eigenvalue weighted by molar-refractivity contribution is 5.80. The maximum absolute atomic E-state index is 12.8. The van der Waals surface area contributed by atoms with E-state index in [1.54, 1.807) is 0 Å². The number of hydrogen-bond acceptors (Lipinski definition) is 4. The Labute approximate surface area is 123 Å². The number of ether oxygens (including phenoxy) is 2. The number of carboxylic acid groups (broad SMARTS) is 1. The normalized spacial score (nSPS) is 44.3. The van der Waals surface area contributed by atoms with Gasteiger partial charge in [-0.3, -0.25) is 9.59 Å². The molecule has 6 nitrogen and oxygen atoms in total. The number of hydrogen-bond donors (Lipinski definition) is 1. The molecule has 6 atom stereocenters. The molecular weight excluding hydrogens is 274 g/mol. The standard InChI is InChI=1S/C15H21NO5/c17-14(18)4-11-5-16(12-6-20-7-13(12)21-11)15(19)10-2-8-1-9(8)3-10/h8-13H,1-7H2,(H,17,18)/t8-,9+,10?,11-,12+,13+/m1/s1. The Hall–Kier alpha value is -1.14. The van der Waals surface area contributed by atoms with Crippen molar-refractivity contribution in [3.63, 3.8) is 0 Å². The van der Waals surface area contributed by atoms with Crippen molar-refractivity contribution in [2.45, 2.75) is 43.9 Å². The lowest BCUT2D eigenvalue weighted by Gasteiger charge is -2.41. The highest BCUT2D eigenvalue weighted by Gasteiger charge is 2.51. The van der Waals surface area contributed by atoms with Gasteiger partial charge in [-0.2, -0.15) is 0 Å². The predicted octanol–water partition coefficient (Wildman–Crippen LogP) is 0.502. The van der Waals surface area contributed by atoms with E-state index in [2.05, 4.69) is 0 Å². The SMILES string of the molecule is O=C(O)C[C@@H]1CN(C(=O)C2C[C@@H]3C[C@@H]3C2)[C@H]2COC[C@@H]2O1. The van der Waals surface area contributed by atoms with Gasteiger partial charge in [0.15, 0.2) is 0 Å². The number of rotatable bonds is 3. The summed E-state index contributed by atoms with van der Waals surface area (Å²) in [6, 6.07) is -0.0283. The third-order valence-corrected chi connectivity index (χ3v) is 5.45. The van der Waals surface area contributed by atoms with Crippen molar-refractivity contribution < 1.29 is 24.2 Å². The summed E-state index contributed by atoms with van der Waals surface area (Å²) in [5.74, 6) is 0.989. The average molecular weight is 295 g/mol. The molecule has 4 aliphatic rings. The zero-order valence-corrected chi connectivity index (χ0v) is 11.9. The molecule has 1 N–H and O–H groups in total. The fraction of sp³-hybridized carbons (Fsp3) is 0.867. The van der Waals surface area contributed by atoms with E-state index >= 15 is 0 Å². The van der Waals surface area contributed by atoms with Crippen LogP contribution >= 0.6 is 0 Å². The van der Waals surface area contributed by atoms with E-state index in [4.69, 9.17) is 14.6 Å². The van der Waals surface area contributed by atoms with Crippen LogP contribution in [0, 0.1) is 17.8 Å². The number of aliphatic carboxylic acids is 1. The molecule has 0 aromatic carbocycles. The molecule has 0 aromatic heterocycles. The molecule has 1 amide bonds. The van der Waals surface area contributed by atoms with E-state index in [1.165, 1.54) is 6.42 Å². The van der Waals surface area contributed by atoms with Crippen molar-refractivity contribution in [1.29, 1.82) is 0 Å². The largest absolute Gasteiger partial charge is 0.481 e. The Bertz CT molecular complexity index is 457. The summed E-state index contributed by atoms with van der Waals surface area (Å²) < 4.78 is 11.2. The first-order chi connectivity index (χ1) is 10.1. The number of carbonyl (C=O) groups excluding carboxylic acids is 1. The maximum Gasteiger partial charge on any atom is 0.306 e. The first-order valence-electron chi connectivity index (χ1n) is 7.87. The van der Waals surface area contributed by atoms with Crippen LogP contribution in [-0.4, -0.2) is 59.9 Å². The van der Waals surface area contributed by atoms with E-state index in [-0.39, 0.29) is 30.4 Å². The van der Waals surface area contributed by atoms with Gasteiger partial charge in [-0.05, 0) is 31.1 Å². The molecule has 4 fully saturated rings. The van der Waals surface area contributed by atoms with Crippen LogP contribution in [0.2, 0.25) is 0 Å². The topological polar surface area (TPSA) is 76.1 Å². The van der Waals surface area contributed by atoms with Gasteiger partial charge in [0.25, 0.3) is 0 Å². The van der Waals surface area contributed by atoms with Gasteiger partial charge < -0.3 is 19.5 Å². The fourth-order valence-electron chi connectivity index (χ4n) is 4.30. The molecule has 6 heteroatoms. The molecule has 2 saturated carbocycles. The van der Waals surface area contributed by atoms with E-state index < -0.39 is 12.1 Å². The van der Waals surface area contributed by atoms with Gasteiger partial charge in [0.2, 0.25) is 5.91 Å². The van der Waals surface area contributed by atoms with Gasteiger partial charge in [-0.1, -0.05) is 0 Å². The lowest BCUT2D eigenvalue weighted by molar-refractivity contribution is -0.161. The molecule has 2 aliphatic carbocycles. The molecule has 1 unspecified atom stereocenters. The van der Waals surface area contributed by atoms with Gasteiger partial charge in [0.1, 0.15) is 6.10 Å². The van der Waals surface area contributed by atoms with Crippen LogP contribution in [0.15, 0.2) is 0 Å². The molecular formula is C15H21NO5. The number of carbonyl (C=O) groups is 2. The lowest BCUT2D eigenvalue weighted by atomic mass is 9.98. The summed E-state index contributed by atoms with van der Waals surface area (Å²) in [7, 11) is 0. The van der Waals surface area contributed by atoms with Crippen molar-refractivity contribution in [3.8, 4) is 0 Å². The Morgan fingerprint density at radius 3 is 2.62 bits per heavy atom. The van der Waals surface area contributed by atoms with Crippen LogP contribution in [-0.2, 0) is 19.1 Å². The van der Waals surface area contributed by atoms with Crippen molar-refractivity contribution >= 4 is 11.9 Å². The highest BCUT2D eigenvalue weighted by atomic mass is 16.6. The van der Waals surface area contributed by atoms with Crippen molar-refractivity contribution in [1.82, 2.24) is 4.90 Å². The van der Waals surface area contributed by atoms with Crippen LogP contribution in [0.5, 0.6) is 0 Å². The monoisotopic (exact) mass is 295 g/mol. The van der Waals surface area contributed by atoms with Gasteiger partial charge in [0, 0.05) is 12.5 Å². The Balaban J connectivity index is 1.47. The first kappa shape index (κ1) is 13.5. The third-order valence-electron chi connectivity index (χ3n) is 5.45. The molecule has 4 rings (SSSR count). The van der Waals surface area contributed by atoms with Crippen LogP contribution in [0.1, 0.15) is 25.7 Å². The molecule has 2 aliphatic heterocycles. The van der Waals surface area contributed by atoms with E-state index in [0.29, 0.717) is 19.8 Å². The summed E-state index contributed by atoms with van der Waals surface area (Å²) >= 11 is 0. The summed E-state index contributed by atoms with van der Waals surface area (Å²) in [6.45, 7) is 1.36. The van der Waals surface area contributed by atoms with E-state index in [1.807, 2.05) is 4.90 Å². The summed E-state index contributed by atoms with van der Waals surface area (Å²) in [4.78, 5) is 25.6. The van der Waals surface area contributed by atoms with E-state index in [0.717, 1.165) is 24.7 Å². The van der Waals surface area contributed by atoms with Crippen LogP contribution in [0.3, 0.4) is 0 Å². The number of carboxylic acids is 1. The Morgan fingerprint density at radius 1 is 1.14 bits per heavy atom. The Kier molecular flexibility index (Phi) is 3.19. The molecule has 2 heterocycles. The zero-order chi connectivity index (χ0) is 14.6. The van der Waals surface area contributed by atoms with Crippen molar-refractivity contribution in [3.05, 3.63) is 0 Å². The minimum absolute atomic E-state index is 0.0283. The first-order valence-corrected chi connectivity index (χ1v) is 7.87. The van der Waals surface area contributed by atoms with Gasteiger partial charge in [0.05, 0.1) is 31.8 Å². The molecule has 21 heavy (non-hydrogen) atoms. The zero-order valence-electron chi connectivity index (χ0n) is 11.9. The quantitative estimate of drug-likeness (QED) is 0.820. The third kappa shape index (κ3) is 2.44. The molecule has 0 bridgehead atoms. The van der Waals surface area contributed by atoms with E-state index in [9.17, 15) is 9.59 Å². The highest BCUT2D eigenvalue weighted by Crippen LogP contribution is 2.54. The van der Waals surface area contributed by atoms with Crippen LogP contribution in [0.25, 0.3) is 0 Å². The molecule has 2 saturated heterocycles. The fourth-order valence-corrected chi connectivity index (χ4v) is 4.30. The van der Waals surface area contributed by atoms with Crippen molar-refractivity contribution in [2.75, 3.05) is 19.8 Å². The van der Waals surface area contributed by atoms with Gasteiger partial charge >= 0.3 is 5.97 Å². The van der Waals surface area contributed by atoms with Crippen molar-refractivity contribution in [2.24, 2.45) is 17.8 Å². The summed E-state index contributed by atoms with van der Waals surface area (Å²) in [5, 5.41) is 8.97. The smallest absolute Gasteiger partial charge is 0.306 e. The summed E-state index contributed by atoms with van der Waals surface area (Å²) in [5.41, 5.74) is 0. The molecule has 0 aromatic rings.